The number of hydrogen-bond donors (Lipinski definition) is 1. The fourth-order valence-corrected chi connectivity index (χ4v) is 3.53. The summed E-state index contributed by atoms with van der Waals surface area (Å²) < 4.78 is 2.37. The molecular weight excluding hydrogens is 236 g/mol. The van der Waals surface area contributed by atoms with E-state index in [0.29, 0.717) is 24.7 Å². The largest absolute Gasteiger partial charge is 0.330 e. The van der Waals surface area contributed by atoms with E-state index in [1.54, 1.807) is 0 Å². The molecule has 2 fully saturated rings. The molecule has 0 amide bonds. The standard InChI is InChI=1S/C15H26N4/c1-2-12-5-3-4-8-18(12)14(9-16)15-10-17-11-19(15)13-6-7-13/h10-14H,2-9,16H2,1H3. The van der Waals surface area contributed by atoms with E-state index in [1.165, 1.54) is 50.8 Å². The molecule has 0 spiro atoms. The first-order valence-electron chi connectivity index (χ1n) is 7.82. The van der Waals surface area contributed by atoms with Crippen molar-refractivity contribution in [2.75, 3.05) is 13.1 Å². The van der Waals surface area contributed by atoms with E-state index < -0.39 is 0 Å². The highest BCUT2D eigenvalue weighted by Crippen LogP contribution is 2.38. The van der Waals surface area contributed by atoms with Gasteiger partial charge in [0.05, 0.1) is 18.1 Å². The van der Waals surface area contributed by atoms with Crippen LogP contribution in [-0.4, -0.2) is 33.6 Å². The topological polar surface area (TPSA) is 47.1 Å². The van der Waals surface area contributed by atoms with Gasteiger partial charge in [-0.2, -0.15) is 0 Å². The molecule has 0 aromatic carbocycles. The van der Waals surface area contributed by atoms with Crippen LogP contribution in [0.1, 0.15) is 63.2 Å². The number of likely N-dealkylation sites (tertiary alicyclic amines) is 1. The number of imidazole rings is 1. The number of nitrogens with zero attached hydrogens (tertiary/aromatic N) is 3. The number of nitrogens with two attached hydrogens (primary N) is 1. The van der Waals surface area contributed by atoms with E-state index in [9.17, 15) is 0 Å². The minimum atomic E-state index is 0.355. The van der Waals surface area contributed by atoms with E-state index >= 15 is 0 Å². The van der Waals surface area contributed by atoms with Crippen molar-refractivity contribution in [1.82, 2.24) is 14.5 Å². The van der Waals surface area contributed by atoms with E-state index in [0.717, 1.165) is 0 Å². The highest BCUT2D eigenvalue weighted by atomic mass is 15.2. The van der Waals surface area contributed by atoms with E-state index in [1.807, 2.05) is 12.5 Å². The van der Waals surface area contributed by atoms with Crippen molar-refractivity contribution in [2.45, 2.75) is 63.6 Å². The van der Waals surface area contributed by atoms with Crippen LogP contribution in [0.25, 0.3) is 0 Å². The zero-order valence-electron chi connectivity index (χ0n) is 12.0. The van der Waals surface area contributed by atoms with Crippen molar-refractivity contribution in [3.63, 3.8) is 0 Å². The molecular formula is C15H26N4. The van der Waals surface area contributed by atoms with Gasteiger partial charge in [0.15, 0.2) is 0 Å². The molecule has 2 N–H and O–H groups in total. The lowest BCUT2D eigenvalue weighted by Crippen LogP contribution is -2.44. The van der Waals surface area contributed by atoms with Crippen LogP contribution in [0.5, 0.6) is 0 Å². The Morgan fingerprint density at radius 3 is 2.89 bits per heavy atom. The monoisotopic (exact) mass is 262 g/mol. The maximum absolute atomic E-state index is 6.12. The Morgan fingerprint density at radius 2 is 2.21 bits per heavy atom. The predicted molar refractivity (Wildman–Crippen MR) is 76.9 cm³/mol. The molecule has 1 aliphatic heterocycles. The average molecular weight is 262 g/mol. The first kappa shape index (κ1) is 13.1. The molecule has 2 unspecified atom stereocenters. The molecule has 1 aromatic heterocycles. The summed E-state index contributed by atoms with van der Waals surface area (Å²) in [7, 11) is 0. The lowest BCUT2D eigenvalue weighted by molar-refractivity contribution is 0.0908. The van der Waals surface area contributed by atoms with Gasteiger partial charge in [-0.25, -0.2) is 4.98 Å². The van der Waals surface area contributed by atoms with Crippen LogP contribution in [0, 0.1) is 0 Å². The molecule has 2 heterocycles. The van der Waals surface area contributed by atoms with Crippen molar-refractivity contribution in [3.05, 3.63) is 18.2 Å². The van der Waals surface area contributed by atoms with Gasteiger partial charge in [-0.15, -0.1) is 0 Å². The van der Waals surface area contributed by atoms with Gasteiger partial charge in [0.25, 0.3) is 0 Å². The Morgan fingerprint density at radius 1 is 1.37 bits per heavy atom. The molecule has 1 aromatic rings. The number of rotatable bonds is 5. The zero-order chi connectivity index (χ0) is 13.2. The second kappa shape index (κ2) is 5.63. The number of aromatic nitrogens is 2. The van der Waals surface area contributed by atoms with Crippen LogP contribution >= 0.6 is 0 Å². The van der Waals surface area contributed by atoms with Crippen molar-refractivity contribution < 1.29 is 0 Å². The van der Waals surface area contributed by atoms with Gasteiger partial charge < -0.3 is 10.3 Å². The van der Waals surface area contributed by atoms with Crippen LogP contribution in [0.3, 0.4) is 0 Å². The second-order valence-electron chi connectivity index (χ2n) is 6.00. The molecule has 1 aliphatic carbocycles. The van der Waals surface area contributed by atoms with Gasteiger partial charge in [-0.3, -0.25) is 4.90 Å². The van der Waals surface area contributed by atoms with Gasteiger partial charge >= 0.3 is 0 Å². The van der Waals surface area contributed by atoms with Gasteiger partial charge in [-0.05, 0) is 38.6 Å². The Balaban J connectivity index is 1.83. The summed E-state index contributed by atoms with van der Waals surface area (Å²) in [6.07, 6.45) is 11.9. The minimum Gasteiger partial charge on any atom is -0.330 e. The van der Waals surface area contributed by atoms with E-state index in [-0.39, 0.29) is 0 Å². The lowest BCUT2D eigenvalue weighted by atomic mass is 9.96. The van der Waals surface area contributed by atoms with Crippen LogP contribution in [-0.2, 0) is 0 Å². The van der Waals surface area contributed by atoms with Crippen LogP contribution in [0.4, 0.5) is 0 Å². The Bertz CT molecular complexity index is 410. The van der Waals surface area contributed by atoms with Crippen LogP contribution in [0.15, 0.2) is 12.5 Å². The third-order valence-electron chi connectivity index (χ3n) is 4.75. The first-order valence-corrected chi connectivity index (χ1v) is 7.82. The summed E-state index contributed by atoms with van der Waals surface area (Å²) in [4.78, 5) is 7.02. The summed E-state index contributed by atoms with van der Waals surface area (Å²) in [5.41, 5.74) is 7.46. The van der Waals surface area contributed by atoms with Crippen molar-refractivity contribution in [1.29, 1.82) is 0 Å². The van der Waals surface area contributed by atoms with E-state index in [4.69, 9.17) is 5.73 Å². The minimum absolute atomic E-state index is 0.355. The van der Waals surface area contributed by atoms with Crippen LogP contribution in [0.2, 0.25) is 0 Å². The van der Waals surface area contributed by atoms with Gasteiger partial charge in [0.1, 0.15) is 0 Å². The highest BCUT2D eigenvalue weighted by Gasteiger charge is 2.33. The second-order valence-corrected chi connectivity index (χ2v) is 6.00. The summed E-state index contributed by atoms with van der Waals surface area (Å²) in [6, 6.07) is 1.75. The molecule has 2 aliphatic rings. The highest BCUT2D eigenvalue weighted by molar-refractivity contribution is 5.11. The molecule has 106 valence electrons. The lowest BCUT2D eigenvalue weighted by Gasteiger charge is -2.40. The van der Waals surface area contributed by atoms with Gasteiger partial charge in [-0.1, -0.05) is 13.3 Å². The number of hydrogen-bond acceptors (Lipinski definition) is 3. The fraction of sp³-hybridized carbons (Fsp3) is 0.800. The molecule has 3 rings (SSSR count). The predicted octanol–water partition coefficient (Wildman–Crippen LogP) is 2.48. The smallest absolute Gasteiger partial charge is 0.0951 e. The van der Waals surface area contributed by atoms with Crippen molar-refractivity contribution in [3.8, 4) is 0 Å². The SMILES string of the molecule is CCC1CCCCN1C(CN)c1cncn1C1CC1. The average Bonchev–Trinajstić information content (AvgIpc) is 3.19. The quantitative estimate of drug-likeness (QED) is 0.887. The maximum atomic E-state index is 6.12. The van der Waals surface area contributed by atoms with Crippen molar-refractivity contribution >= 4 is 0 Å². The van der Waals surface area contributed by atoms with Gasteiger partial charge in [0.2, 0.25) is 0 Å². The molecule has 19 heavy (non-hydrogen) atoms. The molecule has 1 saturated carbocycles. The normalized spacial score (nSPS) is 26.5. The number of piperidine rings is 1. The summed E-state index contributed by atoms with van der Waals surface area (Å²) in [5.74, 6) is 0. The maximum Gasteiger partial charge on any atom is 0.0951 e. The molecule has 0 bridgehead atoms. The summed E-state index contributed by atoms with van der Waals surface area (Å²) in [6.45, 7) is 4.19. The summed E-state index contributed by atoms with van der Waals surface area (Å²) >= 11 is 0. The Kier molecular flexibility index (Phi) is 3.89. The van der Waals surface area contributed by atoms with Crippen LogP contribution < -0.4 is 5.73 Å². The van der Waals surface area contributed by atoms with Gasteiger partial charge in [0, 0.05) is 24.8 Å². The zero-order valence-corrected chi connectivity index (χ0v) is 12.0. The Hall–Kier alpha value is -0.870. The first-order chi connectivity index (χ1) is 9.35. The fourth-order valence-electron chi connectivity index (χ4n) is 3.53. The molecule has 2 atom stereocenters. The molecule has 1 saturated heterocycles. The summed E-state index contributed by atoms with van der Waals surface area (Å²) in [5, 5.41) is 0. The molecule has 4 heteroatoms. The third-order valence-corrected chi connectivity index (χ3v) is 4.75. The third kappa shape index (κ3) is 2.56. The van der Waals surface area contributed by atoms with E-state index in [2.05, 4.69) is 21.4 Å². The van der Waals surface area contributed by atoms with Crippen molar-refractivity contribution in [2.24, 2.45) is 5.73 Å². The molecule has 4 nitrogen and oxygen atoms in total. The Labute approximate surface area is 116 Å². The molecule has 0 radical (unpaired) electrons.